The summed E-state index contributed by atoms with van der Waals surface area (Å²) in [5.74, 6) is 0.737. The van der Waals surface area contributed by atoms with Gasteiger partial charge in [0.15, 0.2) is 5.96 Å². The number of hydrogen-bond donors (Lipinski definition) is 3. The quantitative estimate of drug-likeness (QED) is 0.220. The number of hydrogen-bond acceptors (Lipinski definition) is 2. The average Bonchev–Trinajstić information content (AvgIpc) is 2.61. The lowest BCUT2D eigenvalue weighted by molar-refractivity contribution is 0.0963. The van der Waals surface area contributed by atoms with Crippen LogP contribution in [-0.4, -0.2) is 32.5 Å². The highest BCUT2D eigenvalue weighted by atomic mass is 127. The summed E-state index contributed by atoms with van der Waals surface area (Å²) in [4.78, 5) is 15.8. The summed E-state index contributed by atoms with van der Waals surface area (Å²) in [6.45, 7) is 8.38. The normalized spacial score (nSPS) is 11.5. The Morgan fingerprint density at radius 2 is 1.77 bits per heavy atom. The highest BCUT2D eigenvalue weighted by Gasteiger charge is 2.17. The first-order valence-electron chi connectivity index (χ1n) is 9.17. The van der Waals surface area contributed by atoms with E-state index in [0.717, 1.165) is 18.1 Å². The van der Waals surface area contributed by atoms with Gasteiger partial charge in [-0.15, -0.1) is 24.0 Å². The van der Waals surface area contributed by atoms with E-state index in [1.165, 1.54) is 25.7 Å². The van der Waals surface area contributed by atoms with Crippen LogP contribution in [-0.2, 0) is 6.54 Å². The Hall–Kier alpha value is -1.31. The van der Waals surface area contributed by atoms with Crippen LogP contribution in [0, 0.1) is 5.41 Å². The second-order valence-electron chi connectivity index (χ2n) is 7.18. The van der Waals surface area contributed by atoms with Crippen molar-refractivity contribution in [2.24, 2.45) is 10.4 Å². The molecule has 0 bridgehead atoms. The molecule has 0 aliphatic rings. The summed E-state index contributed by atoms with van der Waals surface area (Å²) < 4.78 is 0. The van der Waals surface area contributed by atoms with E-state index >= 15 is 0 Å². The van der Waals surface area contributed by atoms with Crippen molar-refractivity contribution >= 4 is 35.8 Å². The van der Waals surface area contributed by atoms with Gasteiger partial charge in [-0.1, -0.05) is 52.2 Å². The molecule has 0 saturated heterocycles. The molecule has 0 saturated carbocycles. The van der Waals surface area contributed by atoms with Crippen molar-refractivity contribution in [2.75, 3.05) is 20.6 Å². The van der Waals surface area contributed by atoms with E-state index in [-0.39, 0.29) is 35.3 Å². The van der Waals surface area contributed by atoms with Gasteiger partial charge >= 0.3 is 0 Å². The van der Waals surface area contributed by atoms with Gasteiger partial charge in [-0.2, -0.15) is 0 Å². The van der Waals surface area contributed by atoms with Crippen LogP contribution in [0.4, 0.5) is 0 Å². The SMILES string of the molecule is CCCCCC(C)(C)CNC(=NC)NCc1ccc(C(=O)NC)cc1.I. The molecule has 0 aliphatic heterocycles. The maximum Gasteiger partial charge on any atom is 0.251 e. The molecule has 26 heavy (non-hydrogen) atoms. The minimum atomic E-state index is -0.0673. The molecule has 1 rings (SSSR count). The van der Waals surface area contributed by atoms with E-state index < -0.39 is 0 Å². The standard InChI is InChI=1S/C20H34N4O.HI/c1-6-7-8-13-20(2,3)15-24-19(22-5)23-14-16-9-11-17(12-10-16)18(25)21-4;/h9-12H,6-8,13-15H2,1-5H3,(H,21,25)(H2,22,23,24);1H. The van der Waals surface area contributed by atoms with Crippen molar-refractivity contribution in [2.45, 2.75) is 53.0 Å². The molecule has 0 aliphatic carbocycles. The van der Waals surface area contributed by atoms with Crippen molar-refractivity contribution in [3.63, 3.8) is 0 Å². The molecular weight excluding hydrogens is 439 g/mol. The predicted molar refractivity (Wildman–Crippen MR) is 121 cm³/mol. The first-order valence-corrected chi connectivity index (χ1v) is 9.17. The van der Waals surface area contributed by atoms with Gasteiger partial charge in [0, 0.05) is 32.7 Å². The van der Waals surface area contributed by atoms with Crippen molar-refractivity contribution in [1.29, 1.82) is 0 Å². The van der Waals surface area contributed by atoms with Gasteiger partial charge in [-0.3, -0.25) is 9.79 Å². The minimum Gasteiger partial charge on any atom is -0.356 e. The van der Waals surface area contributed by atoms with Crippen molar-refractivity contribution < 1.29 is 4.79 Å². The van der Waals surface area contributed by atoms with Crippen LogP contribution in [0.2, 0.25) is 0 Å². The molecule has 5 nitrogen and oxygen atoms in total. The smallest absolute Gasteiger partial charge is 0.251 e. The predicted octanol–water partition coefficient (Wildman–Crippen LogP) is 3.94. The number of carbonyl (C=O) groups is 1. The zero-order chi connectivity index (χ0) is 18.7. The van der Waals surface area contributed by atoms with Gasteiger partial charge in [-0.05, 0) is 29.5 Å². The first kappa shape index (κ1) is 24.7. The molecular formula is C20H35IN4O. The van der Waals surface area contributed by atoms with Crippen LogP contribution >= 0.6 is 24.0 Å². The fraction of sp³-hybridized carbons (Fsp3) is 0.600. The van der Waals surface area contributed by atoms with Crippen molar-refractivity contribution in [3.05, 3.63) is 35.4 Å². The van der Waals surface area contributed by atoms with Crippen molar-refractivity contribution in [1.82, 2.24) is 16.0 Å². The van der Waals surface area contributed by atoms with E-state index in [9.17, 15) is 4.79 Å². The molecule has 0 radical (unpaired) electrons. The number of halogens is 1. The number of carbonyl (C=O) groups excluding carboxylic acids is 1. The highest BCUT2D eigenvalue weighted by Crippen LogP contribution is 2.22. The summed E-state index contributed by atoms with van der Waals surface area (Å²) in [6.07, 6.45) is 5.04. The molecule has 148 valence electrons. The van der Waals surface area contributed by atoms with Crippen LogP contribution in [0.15, 0.2) is 29.3 Å². The average molecular weight is 474 g/mol. The lowest BCUT2D eigenvalue weighted by atomic mass is 9.87. The third-order valence-electron chi connectivity index (χ3n) is 4.32. The first-order chi connectivity index (χ1) is 11.9. The van der Waals surface area contributed by atoms with Crippen LogP contribution in [0.5, 0.6) is 0 Å². The van der Waals surface area contributed by atoms with E-state index in [1.807, 2.05) is 24.3 Å². The number of unbranched alkanes of at least 4 members (excludes halogenated alkanes) is 2. The zero-order valence-electron chi connectivity index (χ0n) is 16.8. The van der Waals surface area contributed by atoms with Gasteiger partial charge < -0.3 is 16.0 Å². The zero-order valence-corrected chi connectivity index (χ0v) is 19.1. The largest absolute Gasteiger partial charge is 0.356 e. The molecule has 6 heteroatoms. The fourth-order valence-electron chi connectivity index (χ4n) is 2.59. The third-order valence-corrected chi connectivity index (χ3v) is 4.32. The summed E-state index contributed by atoms with van der Waals surface area (Å²) in [7, 11) is 3.42. The Morgan fingerprint density at radius 3 is 2.31 bits per heavy atom. The Kier molecular flexibility index (Phi) is 12.3. The van der Waals surface area contributed by atoms with Crippen LogP contribution in [0.1, 0.15) is 62.4 Å². The second-order valence-corrected chi connectivity index (χ2v) is 7.18. The van der Waals surface area contributed by atoms with E-state index in [0.29, 0.717) is 12.1 Å². The molecule has 3 N–H and O–H groups in total. The maximum atomic E-state index is 11.6. The fourth-order valence-corrected chi connectivity index (χ4v) is 2.59. The topological polar surface area (TPSA) is 65.5 Å². The molecule has 0 atom stereocenters. The molecule has 0 spiro atoms. The summed E-state index contributed by atoms with van der Waals surface area (Å²) in [5, 5.41) is 9.37. The number of guanidine groups is 1. The molecule has 0 fully saturated rings. The molecule has 1 aromatic carbocycles. The number of nitrogens with zero attached hydrogens (tertiary/aromatic N) is 1. The van der Waals surface area contributed by atoms with Gasteiger partial charge in [-0.25, -0.2) is 0 Å². The Morgan fingerprint density at radius 1 is 1.12 bits per heavy atom. The lowest BCUT2D eigenvalue weighted by Gasteiger charge is -2.26. The van der Waals surface area contributed by atoms with Gasteiger partial charge in [0.1, 0.15) is 0 Å². The summed E-state index contributed by atoms with van der Waals surface area (Å²) >= 11 is 0. The maximum absolute atomic E-state index is 11.6. The second kappa shape index (κ2) is 12.9. The number of nitrogens with one attached hydrogen (secondary N) is 3. The number of rotatable bonds is 9. The van der Waals surface area contributed by atoms with Crippen LogP contribution in [0.25, 0.3) is 0 Å². The van der Waals surface area contributed by atoms with Crippen molar-refractivity contribution in [3.8, 4) is 0 Å². The summed E-state index contributed by atoms with van der Waals surface area (Å²) in [6, 6.07) is 7.59. The third kappa shape index (κ3) is 9.40. The molecule has 0 heterocycles. The molecule has 1 aromatic rings. The van der Waals surface area contributed by atoms with Gasteiger partial charge in [0.2, 0.25) is 0 Å². The van der Waals surface area contributed by atoms with Gasteiger partial charge in [0.25, 0.3) is 5.91 Å². The Balaban J connectivity index is 0.00000625. The van der Waals surface area contributed by atoms with Gasteiger partial charge in [0.05, 0.1) is 0 Å². The molecule has 0 aromatic heterocycles. The van der Waals surface area contributed by atoms with E-state index in [4.69, 9.17) is 0 Å². The number of amides is 1. The Labute approximate surface area is 175 Å². The van der Waals surface area contributed by atoms with Crippen LogP contribution < -0.4 is 16.0 Å². The number of aliphatic imine (C=N–C) groups is 1. The Bertz CT molecular complexity index is 555. The van der Waals surface area contributed by atoms with E-state index in [2.05, 4.69) is 41.7 Å². The molecule has 0 unspecified atom stereocenters. The lowest BCUT2D eigenvalue weighted by Crippen LogP contribution is -2.41. The molecule has 1 amide bonds. The summed E-state index contributed by atoms with van der Waals surface area (Å²) in [5.41, 5.74) is 2.03. The minimum absolute atomic E-state index is 0. The highest BCUT2D eigenvalue weighted by molar-refractivity contribution is 14.0. The number of benzene rings is 1. The monoisotopic (exact) mass is 474 g/mol. The van der Waals surface area contributed by atoms with E-state index in [1.54, 1.807) is 14.1 Å². The van der Waals surface area contributed by atoms with Crippen LogP contribution in [0.3, 0.4) is 0 Å².